The molecule has 0 bridgehead atoms. The molecule has 0 aliphatic carbocycles. The van der Waals surface area contributed by atoms with Crippen LogP contribution in [0.1, 0.15) is 51.4 Å². The molecule has 0 fully saturated rings. The summed E-state index contributed by atoms with van der Waals surface area (Å²) in [5.74, 6) is -1.10. The van der Waals surface area contributed by atoms with Gasteiger partial charge in [-0.05, 0) is 24.5 Å². The Balaban J connectivity index is 3.03. The zero-order valence-corrected chi connectivity index (χ0v) is 15.7. The molecule has 0 radical (unpaired) electrons. The van der Waals surface area contributed by atoms with Crippen molar-refractivity contribution >= 4 is 28.7 Å². The van der Waals surface area contributed by atoms with Crippen molar-refractivity contribution in [1.29, 1.82) is 0 Å². The van der Waals surface area contributed by atoms with Crippen LogP contribution >= 0.6 is 11.8 Å². The predicted octanol–water partition coefficient (Wildman–Crippen LogP) is 2.98. The van der Waals surface area contributed by atoms with Gasteiger partial charge in [0.25, 0.3) is 5.91 Å². The number of benzene rings is 1. The largest absolute Gasteiger partial charge is 0.368 e. The van der Waals surface area contributed by atoms with Crippen LogP contribution in [0.15, 0.2) is 29.2 Å². The molecule has 0 heterocycles. The fourth-order valence-corrected chi connectivity index (χ4v) is 2.95. The fourth-order valence-electron chi connectivity index (χ4n) is 1.91. The van der Waals surface area contributed by atoms with Crippen molar-refractivity contribution in [1.82, 2.24) is 5.32 Å². The molecule has 1 aromatic carbocycles. The molecule has 132 valence electrons. The molecule has 6 heteroatoms. The number of nitrogens with two attached hydrogens (primary N) is 1. The minimum Gasteiger partial charge on any atom is -0.368 e. The van der Waals surface area contributed by atoms with Gasteiger partial charge in [-0.3, -0.25) is 14.4 Å². The summed E-state index contributed by atoms with van der Waals surface area (Å²) in [6.07, 6.45) is 0.713. The van der Waals surface area contributed by atoms with E-state index in [0.29, 0.717) is 16.9 Å². The Morgan fingerprint density at radius 3 is 2.29 bits per heavy atom. The summed E-state index contributed by atoms with van der Waals surface area (Å²) < 4.78 is 0. The number of primary amides is 1. The standard InChI is InChI=1S/C18H26N2O3S/c1-6-18(4,5)17(23)24-13-10-8-7-9-12(13)16(22)20-14(11(2)3)15(19)21/h7-11,14H,6H2,1-5H3,(H2,19,21)(H,20,22)/t14-/m0/s1. The Labute approximate surface area is 147 Å². The number of nitrogens with one attached hydrogen (secondary N) is 1. The molecular formula is C18H26N2O3S. The topological polar surface area (TPSA) is 89.3 Å². The monoisotopic (exact) mass is 350 g/mol. The third kappa shape index (κ3) is 5.09. The highest BCUT2D eigenvalue weighted by Crippen LogP contribution is 2.33. The minimum atomic E-state index is -0.752. The van der Waals surface area contributed by atoms with E-state index in [9.17, 15) is 14.4 Å². The van der Waals surface area contributed by atoms with Gasteiger partial charge in [-0.25, -0.2) is 0 Å². The maximum Gasteiger partial charge on any atom is 0.253 e. The van der Waals surface area contributed by atoms with Gasteiger partial charge in [-0.2, -0.15) is 0 Å². The van der Waals surface area contributed by atoms with Gasteiger partial charge >= 0.3 is 0 Å². The van der Waals surface area contributed by atoms with Gasteiger partial charge in [0.2, 0.25) is 5.91 Å². The summed E-state index contributed by atoms with van der Waals surface area (Å²) in [4.78, 5) is 37.0. The lowest BCUT2D eigenvalue weighted by molar-refractivity contribution is -0.121. The van der Waals surface area contributed by atoms with Crippen LogP contribution in [0.4, 0.5) is 0 Å². The summed E-state index contributed by atoms with van der Waals surface area (Å²) in [6, 6.07) is 6.13. The maximum absolute atomic E-state index is 12.5. The number of carbonyl (C=O) groups excluding carboxylic acids is 3. The highest BCUT2D eigenvalue weighted by Gasteiger charge is 2.28. The molecule has 0 aliphatic heterocycles. The van der Waals surface area contributed by atoms with Gasteiger partial charge in [-0.1, -0.05) is 58.5 Å². The van der Waals surface area contributed by atoms with Crippen molar-refractivity contribution in [3.63, 3.8) is 0 Å². The van der Waals surface area contributed by atoms with Crippen molar-refractivity contribution in [2.24, 2.45) is 17.1 Å². The maximum atomic E-state index is 12.5. The van der Waals surface area contributed by atoms with E-state index in [1.165, 1.54) is 0 Å². The van der Waals surface area contributed by atoms with Crippen molar-refractivity contribution in [3.8, 4) is 0 Å². The number of carbonyl (C=O) groups is 3. The lowest BCUT2D eigenvalue weighted by atomic mass is 9.92. The number of rotatable bonds is 7. The van der Waals surface area contributed by atoms with E-state index in [4.69, 9.17) is 5.73 Å². The van der Waals surface area contributed by atoms with Crippen LogP contribution in [0.3, 0.4) is 0 Å². The van der Waals surface area contributed by atoms with Gasteiger partial charge in [0.15, 0.2) is 5.12 Å². The molecule has 24 heavy (non-hydrogen) atoms. The Morgan fingerprint density at radius 2 is 1.79 bits per heavy atom. The van der Waals surface area contributed by atoms with Crippen LogP contribution in [0, 0.1) is 11.3 Å². The molecule has 3 N–H and O–H groups in total. The number of thioether (sulfide) groups is 1. The number of hydrogen-bond donors (Lipinski definition) is 2. The highest BCUT2D eigenvalue weighted by molar-refractivity contribution is 8.13. The average molecular weight is 350 g/mol. The molecule has 1 atom stereocenters. The Kier molecular flexibility index (Phi) is 7.02. The molecule has 0 saturated heterocycles. The molecule has 0 unspecified atom stereocenters. The fraction of sp³-hybridized carbons (Fsp3) is 0.500. The SMILES string of the molecule is CCC(C)(C)C(=O)Sc1ccccc1C(=O)N[C@H](C(N)=O)C(C)C. The Hall–Kier alpha value is -1.82. The van der Waals surface area contributed by atoms with Crippen molar-refractivity contribution in [2.75, 3.05) is 0 Å². The van der Waals surface area contributed by atoms with E-state index in [1.807, 2.05) is 34.6 Å². The molecular weight excluding hydrogens is 324 g/mol. The summed E-state index contributed by atoms with van der Waals surface area (Å²) in [5.41, 5.74) is 5.24. The third-order valence-corrected chi connectivity index (χ3v) is 5.34. The van der Waals surface area contributed by atoms with Gasteiger partial charge in [-0.15, -0.1) is 0 Å². The van der Waals surface area contributed by atoms with Gasteiger partial charge in [0, 0.05) is 10.3 Å². The van der Waals surface area contributed by atoms with Gasteiger partial charge in [0.1, 0.15) is 6.04 Å². The highest BCUT2D eigenvalue weighted by atomic mass is 32.2. The molecule has 0 aliphatic rings. The lowest BCUT2D eigenvalue weighted by Crippen LogP contribution is -2.47. The first kappa shape index (κ1) is 20.2. The summed E-state index contributed by atoms with van der Waals surface area (Å²) in [5, 5.41) is 2.66. The van der Waals surface area contributed by atoms with Crippen LogP contribution in [0.25, 0.3) is 0 Å². The predicted molar refractivity (Wildman–Crippen MR) is 96.7 cm³/mol. The molecule has 1 aromatic rings. The van der Waals surface area contributed by atoms with Crippen molar-refractivity contribution in [3.05, 3.63) is 29.8 Å². The van der Waals surface area contributed by atoms with E-state index in [-0.39, 0.29) is 11.0 Å². The molecule has 0 spiro atoms. The first-order chi connectivity index (χ1) is 11.1. The number of amides is 2. The second-order valence-corrected chi connectivity index (χ2v) is 7.74. The smallest absolute Gasteiger partial charge is 0.253 e. The van der Waals surface area contributed by atoms with E-state index < -0.39 is 23.3 Å². The van der Waals surface area contributed by atoms with Crippen molar-refractivity contribution < 1.29 is 14.4 Å². The molecule has 0 aromatic heterocycles. The second-order valence-electron chi connectivity index (χ2n) is 6.72. The molecule has 0 saturated carbocycles. The van der Waals surface area contributed by atoms with E-state index in [2.05, 4.69) is 5.32 Å². The van der Waals surface area contributed by atoms with E-state index in [0.717, 1.165) is 11.8 Å². The Morgan fingerprint density at radius 1 is 1.21 bits per heavy atom. The normalized spacial score (nSPS) is 12.8. The van der Waals surface area contributed by atoms with Gasteiger partial charge in [0.05, 0.1) is 5.56 Å². The first-order valence-electron chi connectivity index (χ1n) is 8.01. The van der Waals surface area contributed by atoms with Crippen molar-refractivity contribution in [2.45, 2.75) is 52.0 Å². The quantitative estimate of drug-likeness (QED) is 0.740. The van der Waals surface area contributed by atoms with Crippen LogP contribution in [0.2, 0.25) is 0 Å². The van der Waals surface area contributed by atoms with Gasteiger partial charge < -0.3 is 11.1 Å². The first-order valence-corrected chi connectivity index (χ1v) is 8.83. The second kappa shape index (κ2) is 8.33. The molecule has 1 rings (SSSR count). The molecule has 5 nitrogen and oxygen atoms in total. The zero-order valence-electron chi connectivity index (χ0n) is 14.9. The van der Waals surface area contributed by atoms with E-state index >= 15 is 0 Å². The summed E-state index contributed by atoms with van der Waals surface area (Å²) in [6.45, 7) is 9.34. The Bertz CT molecular complexity index is 626. The third-order valence-electron chi connectivity index (χ3n) is 4.03. The molecule has 2 amide bonds. The summed E-state index contributed by atoms with van der Waals surface area (Å²) in [7, 11) is 0. The van der Waals surface area contributed by atoms with Crippen LogP contribution in [-0.2, 0) is 9.59 Å². The van der Waals surface area contributed by atoms with E-state index in [1.54, 1.807) is 24.3 Å². The average Bonchev–Trinajstić information content (AvgIpc) is 2.52. The zero-order chi connectivity index (χ0) is 18.5. The van der Waals surface area contributed by atoms with Crippen LogP contribution in [0.5, 0.6) is 0 Å². The lowest BCUT2D eigenvalue weighted by Gasteiger charge is -2.22. The van der Waals surface area contributed by atoms with Crippen LogP contribution in [-0.4, -0.2) is 23.0 Å². The summed E-state index contributed by atoms with van der Waals surface area (Å²) >= 11 is 1.06. The minimum absolute atomic E-state index is 0.000519. The number of hydrogen-bond acceptors (Lipinski definition) is 4. The van der Waals surface area contributed by atoms with Crippen LogP contribution < -0.4 is 11.1 Å².